The van der Waals surface area contributed by atoms with Crippen LogP contribution in [0.5, 0.6) is 0 Å². The topological polar surface area (TPSA) is 84.2 Å². The second-order valence-electron chi connectivity index (χ2n) is 3.17. The third kappa shape index (κ3) is 2.91. The van der Waals surface area contributed by atoms with Crippen molar-refractivity contribution in [3.05, 3.63) is 12.5 Å². The van der Waals surface area contributed by atoms with Gasteiger partial charge in [0.2, 0.25) is 10.0 Å². The zero-order chi connectivity index (χ0) is 10.0. The maximum absolute atomic E-state index is 11.6. The Hall–Kier alpha value is -0.630. The van der Waals surface area contributed by atoms with Crippen molar-refractivity contribution in [3.63, 3.8) is 0 Å². The van der Waals surface area contributed by atoms with Crippen molar-refractivity contribution in [1.82, 2.24) is 15.2 Å². The molecule has 1 unspecified atom stereocenters. The van der Waals surface area contributed by atoms with Gasteiger partial charge in [-0.3, -0.25) is 0 Å². The lowest BCUT2D eigenvalue weighted by Gasteiger charge is -2.09. The fourth-order valence-electron chi connectivity index (χ4n) is 1.37. The van der Waals surface area contributed by atoms with E-state index in [-0.39, 0.29) is 23.3 Å². The standard InChI is InChI=1S/C7H11N3O3S.ClH/c11-14(12,7-4-9-13-5-7)10-6-1-2-8-3-6;/h4-6,8,10H,1-3H2;1H. The normalized spacial score (nSPS) is 21.2. The van der Waals surface area contributed by atoms with Crippen LogP contribution in [0.1, 0.15) is 6.42 Å². The summed E-state index contributed by atoms with van der Waals surface area (Å²) in [7, 11) is -3.45. The second-order valence-corrected chi connectivity index (χ2v) is 4.89. The first kappa shape index (κ1) is 12.4. The maximum Gasteiger partial charge on any atom is 0.245 e. The van der Waals surface area contributed by atoms with Crippen LogP contribution in [-0.4, -0.2) is 32.7 Å². The van der Waals surface area contributed by atoms with E-state index in [4.69, 9.17) is 0 Å². The molecule has 1 aromatic heterocycles. The summed E-state index contributed by atoms with van der Waals surface area (Å²) in [6, 6.07) is -0.0325. The third-order valence-corrected chi connectivity index (χ3v) is 3.57. The molecule has 0 bridgehead atoms. The molecule has 0 spiro atoms. The SMILES string of the molecule is Cl.O=S(=O)(NC1CCNC1)c1cnoc1. The fraction of sp³-hybridized carbons (Fsp3) is 0.571. The maximum atomic E-state index is 11.6. The molecule has 1 fully saturated rings. The minimum Gasteiger partial charge on any atom is -0.363 e. The number of hydrogen-bond acceptors (Lipinski definition) is 5. The first-order valence-electron chi connectivity index (χ1n) is 4.31. The minimum absolute atomic E-state index is 0. The molecule has 1 atom stereocenters. The summed E-state index contributed by atoms with van der Waals surface area (Å²) in [5, 5.41) is 6.43. The summed E-state index contributed by atoms with van der Waals surface area (Å²) in [5.41, 5.74) is 0. The molecule has 0 radical (unpaired) electrons. The van der Waals surface area contributed by atoms with E-state index < -0.39 is 10.0 Å². The van der Waals surface area contributed by atoms with Gasteiger partial charge in [-0.1, -0.05) is 5.16 Å². The van der Waals surface area contributed by atoms with Gasteiger partial charge in [0.25, 0.3) is 0 Å². The van der Waals surface area contributed by atoms with Gasteiger partial charge in [0.15, 0.2) is 0 Å². The van der Waals surface area contributed by atoms with Gasteiger partial charge in [-0.15, -0.1) is 12.4 Å². The minimum atomic E-state index is -3.45. The Morgan fingerprint density at radius 1 is 1.60 bits per heavy atom. The predicted molar refractivity (Wildman–Crippen MR) is 55.3 cm³/mol. The van der Waals surface area contributed by atoms with E-state index in [1.807, 2.05) is 0 Å². The van der Waals surface area contributed by atoms with Crippen LogP contribution < -0.4 is 10.0 Å². The summed E-state index contributed by atoms with van der Waals surface area (Å²) in [4.78, 5) is 0.0735. The Labute approximate surface area is 93.9 Å². The molecule has 2 heterocycles. The van der Waals surface area contributed by atoms with Crippen LogP contribution in [0.25, 0.3) is 0 Å². The Kier molecular flexibility index (Phi) is 4.09. The van der Waals surface area contributed by atoms with Gasteiger partial charge in [-0.25, -0.2) is 13.1 Å². The number of rotatable bonds is 3. The third-order valence-electron chi connectivity index (χ3n) is 2.10. The van der Waals surface area contributed by atoms with E-state index in [1.165, 1.54) is 6.20 Å². The molecule has 0 aliphatic carbocycles. The van der Waals surface area contributed by atoms with Crippen molar-refractivity contribution in [1.29, 1.82) is 0 Å². The first-order valence-corrected chi connectivity index (χ1v) is 5.79. The van der Waals surface area contributed by atoms with Gasteiger partial charge in [-0.2, -0.15) is 0 Å². The highest BCUT2D eigenvalue weighted by atomic mass is 35.5. The summed E-state index contributed by atoms with van der Waals surface area (Å²) < 4.78 is 30.3. The molecule has 0 amide bonds. The van der Waals surface area contributed by atoms with Crippen LogP contribution in [0.3, 0.4) is 0 Å². The lowest BCUT2D eigenvalue weighted by molar-refractivity contribution is 0.417. The van der Waals surface area contributed by atoms with Crippen molar-refractivity contribution in [2.45, 2.75) is 17.4 Å². The van der Waals surface area contributed by atoms with Crippen molar-refractivity contribution >= 4 is 22.4 Å². The van der Waals surface area contributed by atoms with Gasteiger partial charge < -0.3 is 9.84 Å². The summed E-state index contributed by atoms with van der Waals surface area (Å²) >= 11 is 0. The predicted octanol–water partition coefficient (Wildman–Crippen LogP) is -0.263. The van der Waals surface area contributed by atoms with E-state index in [0.717, 1.165) is 19.2 Å². The number of hydrogen-bond donors (Lipinski definition) is 2. The van der Waals surface area contributed by atoms with Gasteiger partial charge in [0, 0.05) is 12.6 Å². The molecule has 15 heavy (non-hydrogen) atoms. The van der Waals surface area contributed by atoms with Crippen LogP contribution in [0, 0.1) is 0 Å². The summed E-state index contributed by atoms with van der Waals surface area (Å²) in [6.07, 6.45) is 3.11. The smallest absolute Gasteiger partial charge is 0.245 e. The van der Waals surface area contributed by atoms with Gasteiger partial charge >= 0.3 is 0 Å². The zero-order valence-corrected chi connectivity index (χ0v) is 9.47. The molecule has 1 aromatic rings. The molecular formula is C7H12ClN3O3S. The Bertz CT molecular complexity index is 386. The fourth-order valence-corrected chi connectivity index (χ4v) is 2.50. The number of halogens is 1. The van der Waals surface area contributed by atoms with Crippen molar-refractivity contribution in [2.75, 3.05) is 13.1 Å². The first-order chi connectivity index (χ1) is 6.68. The zero-order valence-electron chi connectivity index (χ0n) is 7.84. The molecular weight excluding hydrogens is 242 g/mol. The second kappa shape index (κ2) is 4.93. The highest BCUT2D eigenvalue weighted by molar-refractivity contribution is 7.89. The Morgan fingerprint density at radius 3 is 2.93 bits per heavy atom. The molecule has 2 rings (SSSR count). The van der Waals surface area contributed by atoms with Crippen molar-refractivity contribution in [3.8, 4) is 0 Å². The summed E-state index contributed by atoms with van der Waals surface area (Å²) in [6.45, 7) is 1.52. The van der Waals surface area contributed by atoms with Crippen molar-refractivity contribution in [2.24, 2.45) is 0 Å². The molecule has 0 aromatic carbocycles. The molecule has 6 nitrogen and oxygen atoms in total. The van der Waals surface area contributed by atoms with E-state index >= 15 is 0 Å². The molecule has 0 saturated carbocycles. The number of sulfonamides is 1. The average molecular weight is 254 g/mol. The molecule has 1 aliphatic rings. The van der Waals surface area contributed by atoms with Crippen LogP contribution in [0.15, 0.2) is 21.9 Å². The van der Waals surface area contributed by atoms with E-state index in [9.17, 15) is 8.42 Å². The lowest BCUT2D eigenvalue weighted by atomic mass is 10.3. The van der Waals surface area contributed by atoms with Gasteiger partial charge in [0.1, 0.15) is 11.2 Å². The lowest BCUT2D eigenvalue weighted by Crippen LogP contribution is -2.35. The van der Waals surface area contributed by atoms with Crippen LogP contribution in [0.2, 0.25) is 0 Å². The van der Waals surface area contributed by atoms with Gasteiger partial charge in [0.05, 0.1) is 6.20 Å². The number of nitrogens with zero attached hydrogens (tertiary/aromatic N) is 1. The Balaban J connectivity index is 0.00000112. The van der Waals surface area contributed by atoms with Crippen LogP contribution in [0.4, 0.5) is 0 Å². The number of nitrogens with one attached hydrogen (secondary N) is 2. The molecule has 1 saturated heterocycles. The molecule has 1 aliphatic heterocycles. The van der Waals surface area contributed by atoms with Crippen LogP contribution in [-0.2, 0) is 10.0 Å². The van der Waals surface area contributed by atoms with E-state index in [0.29, 0.717) is 6.54 Å². The Morgan fingerprint density at radius 2 is 2.40 bits per heavy atom. The molecule has 8 heteroatoms. The van der Waals surface area contributed by atoms with Crippen molar-refractivity contribution < 1.29 is 12.9 Å². The highest BCUT2D eigenvalue weighted by Crippen LogP contribution is 2.09. The molecule has 86 valence electrons. The average Bonchev–Trinajstić information content (AvgIpc) is 2.71. The van der Waals surface area contributed by atoms with E-state index in [1.54, 1.807) is 0 Å². The molecule has 2 N–H and O–H groups in total. The highest BCUT2D eigenvalue weighted by Gasteiger charge is 2.23. The largest absolute Gasteiger partial charge is 0.363 e. The van der Waals surface area contributed by atoms with Crippen LogP contribution >= 0.6 is 12.4 Å². The monoisotopic (exact) mass is 253 g/mol. The quantitative estimate of drug-likeness (QED) is 0.775. The summed E-state index contributed by atoms with van der Waals surface area (Å²) in [5.74, 6) is 0. The van der Waals surface area contributed by atoms with E-state index in [2.05, 4.69) is 19.7 Å². The van der Waals surface area contributed by atoms with Gasteiger partial charge in [-0.05, 0) is 13.0 Å². The number of aromatic nitrogens is 1.